The third-order valence-electron chi connectivity index (χ3n) is 5.08. The van der Waals surface area contributed by atoms with E-state index in [0.29, 0.717) is 0 Å². The molecular formula is C21H14O2. The fourth-order valence-electron chi connectivity index (χ4n) is 3.98. The maximum atomic E-state index is 13.0. The molecule has 110 valence electrons. The van der Waals surface area contributed by atoms with Gasteiger partial charge in [-0.3, -0.25) is 4.79 Å². The predicted molar refractivity (Wildman–Crippen MR) is 91.0 cm³/mol. The van der Waals surface area contributed by atoms with Crippen molar-refractivity contribution in [3.63, 3.8) is 0 Å². The summed E-state index contributed by atoms with van der Waals surface area (Å²) < 4.78 is 6.16. The Kier molecular flexibility index (Phi) is 2.26. The lowest BCUT2D eigenvalue weighted by Gasteiger charge is -2.39. The molecule has 1 atom stereocenters. The van der Waals surface area contributed by atoms with Crippen LogP contribution in [0.25, 0.3) is 16.8 Å². The van der Waals surface area contributed by atoms with Gasteiger partial charge in [0.25, 0.3) is 0 Å². The summed E-state index contributed by atoms with van der Waals surface area (Å²) in [5, 5.41) is 2.20. The molecule has 0 amide bonds. The third kappa shape index (κ3) is 1.45. The fraction of sp³-hybridized carbons (Fsp3) is 0.0952. The minimum Gasteiger partial charge on any atom is -0.457 e. The van der Waals surface area contributed by atoms with Gasteiger partial charge in [-0.05, 0) is 41.5 Å². The number of benzene rings is 3. The first-order valence-corrected chi connectivity index (χ1v) is 7.76. The second-order valence-corrected chi connectivity index (χ2v) is 6.30. The second-order valence-electron chi connectivity index (χ2n) is 6.30. The van der Waals surface area contributed by atoms with Crippen LogP contribution in [0.1, 0.15) is 23.6 Å². The smallest absolute Gasteiger partial charge is 0.170 e. The molecule has 1 aliphatic carbocycles. The van der Waals surface area contributed by atoms with Crippen LogP contribution in [0.2, 0.25) is 0 Å². The highest BCUT2D eigenvalue weighted by molar-refractivity contribution is 6.11. The van der Waals surface area contributed by atoms with Crippen molar-refractivity contribution in [3.8, 4) is 11.5 Å². The van der Waals surface area contributed by atoms with Gasteiger partial charge in [-0.25, -0.2) is 0 Å². The van der Waals surface area contributed by atoms with Crippen molar-refractivity contribution < 1.29 is 9.53 Å². The lowest BCUT2D eigenvalue weighted by Crippen LogP contribution is -2.38. The first-order chi connectivity index (χ1) is 11.2. The number of ether oxygens (including phenoxy) is 1. The Morgan fingerprint density at radius 3 is 2.57 bits per heavy atom. The van der Waals surface area contributed by atoms with Crippen LogP contribution in [0.5, 0.6) is 11.5 Å². The monoisotopic (exact) mass is 298 g/mol. The molecule has 0 bridgehead atoms. The summed E-state index contributed by atoms with van der Waals surface area (Å²) in [6, 6.07) is 18.2. The Bertz CT molecular complexity index is 1030. The molecule has 1 heterocycles. The molecule has 0 radical (unpaired) electrons. The van der Waals surface area contributed by atoms with Crippen molar-refractivity contribution in [3.05, 3.63) is 77.4 Å². The normalized spacial score (nSPS) is 20.8. The topological polar surface area (TPSA) is 26.3 Å². The Labute approximate surface area is 134 Å². The van der Waals surface area contributed by atoms with Gasteiger partial charge in [0.1, 0.15) is 11.5 Å². The Hall–Kier alpha value is -2.87. The van der Waals surface area contributed by atoms with Crippen LogP contribution in [0, 0.1) is 0 Å². The zero-order valence-corrected chi connectivity index (χ0v) is 12.7. The quantitative estimate of drug-likeness (QED) is 0.593. The number of fused-ring (bicyclic) bond motifs is 4. The van der Waals surface area contributed by atoms with Crippen LogP contribution < -0.4 is 4.74 Å². The van der Waals surface area contributed by atoms with Crippen molar-refractivity contribution in [1.82, 2.24) is 0 Å². The van der Waals surface area contributed by atoms with Crippen LogP contribution in [0.3, 0.4) is 0 Å². The van der Waals surface area contributed by atoms with Gasteiger partial charge in [0, 0.05) is 11.1 Å². The molecule has 0 saturated carbocycles. The van der Waals surface area contributed by atoms with Crippen LogP contribution in [0.15, 0.2) is 60.7 Å². The molecule has 0 spiro atoms. The van der Waals surface area contributed by atoms with E-state index in [1.165, 1.54) is 0 Å². The molecule has 2 aliphatic rings. The first kappa shape index (κ1) is 12.7. The number of carbonyl (C=O) groups is 1. The Balaban J connectivity index is 1.98. The lowest BCUT2D eigenvalue weighted by molar-refractivity contribution is -0.118. The zero-order valence-electron chi connectivity index (χ0n) is 12.7. The van der Waals surface area contributed by atoms with E-state index in [1.807, 2.05) is 49.4 Å². The van der Waals surface area contributed by atoms with E-state index in [4.69, 9.17) is 4.74 Å². The molecule has 3 aromatic rings. The molecule has 1 aliphatic heterocycles. The fourth-order valence-corrected chi connectivity index (χ4v) is 3.98. The van der Waals surface area contributed by atoms with Gasteiger partial charge in [0.05, 0.1) is 5.41 Å². The van der Waals surface area contributed by atoms with Gasteiger partial charge in [-0.15, -0.1) is 0 Å². The summed E-state index contributed by atoms with van der Waals surface area (Å²) >= 11 is 0. The van der Waals surface area contributed by atoms with Gasteiger partial charge >= 0.3 is 0 Å². The van der Waals surface area contributed by atoms with Crippen LogP contribution >= 0.6 is 0 Å². The van der Waals surface area contributed by atoms with Gasteiger partial charge < -0.3 is 4.74 Å². The molecule has 2 heteroatoms. The highest BCUT2D eigenvalue weighted by Gasteiger charge is 2.46. The van der Waals surface area contributed by atoms with E-state index in [9.17, 15) is 4.79 Å². The maximum Gasteiger partial charge on any atom is 0.170 e. The van der Waals surface area contributed by atoms with Gasteiger partial charge in [-0.2, -0.15) is 0 Å². The number of allylic oxidation sites excluding steroid dienone is 1. The minimum atomic E-state index is -0.699. The summed E-state index contributed by atoms with van der Waals surface area (Å²) in [5.41, 5.74) is 2.32. The van der Waals surface area contributed by atoms with Crippen LogP contribution in [0.4, 0.5) is 0 Å². The predicted octanol–water partition coefficient (Wildman–Crippen LogP) is 4.85. The summed E-state index contributed by atoms with van der Waals surface area (Å²) in [6.45, 7) is 2.02. The van der Waals surface area contributed by atoms with E-state index >= 15 is 0 Å². The molecule has 3 aromatic carbocycles. The lowest BCUT2D eigenvalue weighted by atomic mass is 9.66. The van der Waals surface area contributed by atoms with Crippen molar-refractivity contribution >= 4 is 22.6 Å². The number of hydrogen-bond acceptors (Lipinski definition) is 2. The first-order valence-electron chi connectivity index (χ1n) is 7.76. The van der Waals surface area contributed by atoms with Crippen LogP contribution in [-0.2, 0) is 10.2 Å². The average molecular weight is 298 g/mol. The molecular weight excluding hydrogens is 284 g/mol. The van der Waals surface area contributed by atoms with E-state index in [-0.39, 0.29) is 5.78 Å². The molecule has 0 unspecified atom stereocenters. The number of carbonyl (C=O) groups excluding carboxylic acids is 1. The molecule has 0 aromatic heterocycles. The molecule has 0 saturated heterocycles. The Morgan fingerprint density at radius 2 is 1.65 bits per heavy atom. The number of rotatable bonds is 0. The van der Waals surface area contributed by atoms with E-state index < -0.39 is 5.41 Å². The van der Waals surface area contributed by atoms with Gasteiger partial charge in [-0.1, -0.05) is 48.5 Å². The number of hydrogen-bond donors (Lipinski definition) is 0. The van der Waals surface area contributed by atoms with Crippen molar-refractivity contribution in [1.29, 1.82) is 0 Å². The van der Waals surface area contributed by atoms with E-state index in [1.54, 1.807) is 6.08 Å². The summed E-state index contributed by atoms with van der Waals surface area (Å²) in [7, 11) is 0. The van der Waals surface area contributed by atoms with Gasteiger partial charge in [0.2, 0.25) is 0 Å². The highest BCUT2D eigenvalue weighted by atomic mass is 16.5. The Morgan fingerprint density at radius 1 is 0.826 bits per heavy atom. The molecule has 2 nitrogen and oxygen atoms in total. The summed E-state index contributed by atoms with van der Waals surface area (Å²) in [4.78, 5) is 13.0. The largest absolute Gasteiger partial charge is 0.457 e. The number of ketones is 1. The second kappa shape index (κ2) is 4.11. The van der Waals surface area contributed by atoms with Crippen LogP contribution in [-0.4, -0.2) is 5.78 Å². The molecule has 5 rings (SSSR count). The SMILES string of the molecule is C[C@]12C(=O)C=Cc3cccc(c31)Oc1ccc3ccccc3c12. The average Bonchev–Trinajstić information content (AvgIpc) is 2.58. The minimum absolute atomic E-state index is 0.110. The van der Waals surface area contributed by atoms with Crippen molar-refractivity contribution in [2.45, 2.75) is 12.3 Å². The molecule has 0 N–H and O–H groups in total. The van der Waals surface area contributed by atoms with E-state index in [2.05, 4.69) is 18.2 Å². The zero-order chi connectivity index (χ0) is 15.6. The van der Waals surface area contributed by atoms with Gasteiger partial charge in [0.15, 0.2) is 5.78 Å². The molecule has 23 heavy (non-hydrogen) atoms. The van der Waals surface area contributed by atoms with E-state index in [0.717, 1.165) is 39.0 Å². The molecule has 0 fully saturated rings. The van der Waals surface area contributed by atoms with Crippen molar-refractivity contribution in [2.75, 3.05) is 0 Å². The summed E-state index contributed by atoms with van der Waals surface area (Å²) in [5.74, 6) is 1.67. The third-order valence-corrected chi connectivity index (χ3v) is 5.08. The summed E-state index contributed by atoms with van der Waals surface area (Å²) in [6.07, 6.45) is 3.59. The maximum absolute atomic E-state index is 13.0. The highest BCUT2D eigenvalue weighted by Crippen LogP contribution is 2.53. The van der Waals surface area contributed by atoms with Crippen molar-refractivity contribution in [2.24, 2.45) is 0 Å². The standard InChI is InChI=1S/C21H14O2/c1-21-18(22)12-10-14-6-4-8-16(19(14)21)23-17-11-9-13-5-2-3-7-15(13)20(17)21/h2-12H,1H3/t21-/m0/s1.